The van der Waals surface area contributed by atoms with Crippen LogP contribution in [0.1, 0.15) is 61.6 Å². The van der Waals surface area contributed by atoms with Crippen LogP contribution in [0.2, 0.25) is 0 Å². The normalized spacial score (nSPS) is 21.3. The van der Waals surface area contributed by atoms with Crippen molar-refractivity contribution >= 4 is 17.7 Å². The van der Waals surface area contributed by atoms with E-state index in [9.17, 15) is 9.59 Å². The number of hydrogen-bond donors (Lipinski definition) is 1. The maximum Gasteiger partial charge on any atom is 0.414 e. The lowest BCUT2D eigenvalue weighted by Gasteiger charge is -2.26. The van der Waals surface area contributed by atoms with Crippen molar-refractivity contribution in [2.24, 2.45) is 0 Å². The number of carbonyl (C=O) groups excluding carboxylic acids is 2. The zero-order valence-electron chi connectivity index (χ0n) is 15.4. The maximum absolute atomic E-state index is 12.2. The smallest absolute Gasteiger partial charge is 0.414 e. The second-order valence-corrected chi connectivity index (χ2v) is 7.38. The van der Waals surface area contributed by atoms with E-state index in [-0.39, 0.29) is 18.1 Å². The number of ether oxygens (including phenoxy) is 1. The van der Waals surface area contributed by atoms with Crippen molar-refractivity contribution in [1.82, 2.24) is 5.32 Å². The third-order valence-electron chi connectivity index (χ3n) is 5.36. The molecular formula is C20H28N2O3. The minimum absolute atomic E-state index is 0.113. The number of rotatable bonds is 4. The number of aryl methyl sites for hydroxylation is 2. The van der Waals surface area contributed by atoms with Gasteiger partial charge in [-0.15, -0.1) is 0 Å². The Morgan fingerprint density at radius 2 is 1.84 bits per heavy atom. The summed E-state index contributed by atoms with van der Waals surface area (Å²) in [6.07, 6.45) is 5.89. The topological polar surface area (TPSA) is 58.6 Å². The summed E-state index contributed by atoms with van der Waals surface area (Å²) in [4.78, 5) is 25.0. The fraction of sp³-hybridized carbons (Fsp3) is 0.600. The van der Waals surface area contributed by atoms with Crippen LogP contribution in [0.4, 0.5) is 10.5 Å². The van der Waals surface area contributed by atoms with Gasteiger partial charge in [-0.3, -0.25) is 9.69 Å². The molecule has 2 fully saturated rings. The Balaban J connectivity index is 1.76. The van der Waals surface area contributed by atoms with Gasteiger partial charge >= 0.3 is 6.09 Å². The molecule has 136 valence electrons. The second-order valence-electron chi connectivity index (χ2n) is 7.38. The minimum Gasteiger partial charge on any atom is -0.442 e. The molecule has 25 heavy (non-hydrogen) atoms. The Bertz CT molecular complexity index is 642. The highest BCUT2D eigenvalue weighted by molar-refractivity contribution is 5.90. The molecular weight excluding hydrogens is 316 g/mol. The quantitative estimate of drug-likeness (QED) is 0.903. The Kier molecular flexibility index (Phi) is 5.30. The van der Waals surface area contributed by atoms with Gasteiger partial charge in [0.2, 0.25) is 5.91 Å². The first-order valence-corrected chi connectivity index (χ1v) is 9.29. The van der Waals surface area contributed by atoms with Gasteiger partial charge in [-0.05, 0) is 61.4 Å². The summed E-state index contributed by atoms with van der Waals surface area (Å²) in [5.74, 6) is 0.541. The van der Waals surface area contributed by atoms with Crippen LogP contribution < -0.4 is 10.2 Å². The fourth-order valence-electron chi connectivity index (χ4n) is 4.24. The van der Waals surface area contributed by atoms with E-state index in [1.165, 1.54) is 55.7 Å². The monoisotopic (exact) mass is 344 g/mol. The number of carbonyl (C=O) groups is 2. The molecule has 0 spiro atoms. The van der Waals surface area contributed by atoms with Crippen molar-refractivity contribution in [2.45, 2.75) is 64.9 Å². The third kappa shape index (κ3) is 3.97. The predicted molar refractivity (Wildman–Crippen MR) is 98.0 cm³/mol. The summed E-state index contributed by atoms with van der Waals surface area (Å²) in [5.41, 5.74) is 4.88. The third-order valence-corrected chi connectivity index (χ3v) is 5.36. The van der Waals surface area contributed by atoms with Crippen LogP contribution in [0.5, 0.6) is 0 Å². The van der Waals surface area contributed by atoms with Gasteiger partial charge in [-0.1, -0.05) is 19.3 Å². The average Bonchev–Trinajstić information content (AvgIpc) is 2.94. The van der Waals surface area contributed by atoms with E-state index in [1.807, 2.05) is 0 Å². The molecule has 1 atom stereocenters. The molecule has 1 aromatic rings. The fourth-order valence-corrected chi connectivity index (χ4v) is 4.24. The van der Waals surface area contributed by atoms with Gasteiger partial charge in [-0.25, -0.2) is 4.79 Å². The summed E-state index contributed by atoms with van der Waals surface area (Å²) in [6.45, 7) is 6.59. The molecule has 1 aliphatic carbocycles. The highest BCUT2D eigenvalue weighted by Crippen LogP contribution is 2.38. The zero-order valence-corrected chi connectivity index (χ0v) is 15.4. The van der Waals surface area contributed by atoms with Crippen molar-refractivity contribution in [3.05, 3.63) is 28.8 Å². The highest BCUT2D eigenvalue weighted by atomic mass is 16.6. The predicted octanol–water partition coefficient (Wildman–Crippen LogP) is 3.81. The molecule has 3 rings (SSSR count). The van der Waals surface area contributed by atoms with E-state index in [0.717, 1.165) is 5.69 Å². The summed E-state index contributed by atoms with van der Waals surface area (Å²) in [5, 5.41) is 2.71. The second kappa shape index (κ2) is 7.46. The lowest BCUT2D eigenvalue weighted by Crippen LogP contribution is -2.33. The van der Waals surface area contributed by atoms with Crippen molar-refractivity contribution in [3.8, 4) is 0 Å². The molecule has 1 saturated heterocycles. The van der Waals surface area contributed by atoms with E-state index >= 15 is 0 Å². The SMILES string of the molecule is CC(=O)NCC1CN(c2cc(C)c(C3CCCCC3)c(C)c2)C(=O)O1. The number of hydrogen-bond acceptors (Lipinski definition) is 3. The van der Waals surface area contributed by atoms with Crippen LogP contribution >= 0.6 is 0 Å². The summed E-state index contributed by atoms with van der Waals surface area (Å²) in [7, 11) is 0. The molecule has 1 aliphatic heterocycles. The van der Waals surface area contributed by atoms with Gasteiger partial charge < -0.3 is 10.1 Å². The van der Waals surface area contributed by atoms with Gasteiger partial charge in [0.1, 0.15) is 6.10 Å². The highest BCUT2D eigenvalue weighted by Gasteiger charge is 2.33. The van der Waals surface area contributed by atoms with Gasteiger partial charge in [-0.2, -0.15) is 0 Å². The molecule has 0 radical (unpaired) electrons. The summed E-state index contributed by atoms with van der Waals surface area (Å²) < 4.78 is 5.38. The first-order chi connectivity index (χ1) is 12.0. The van der Waals surface area contributed by atoms with Crippen LogP contribution in [-0.2, 0) is 9.53 Å². The molecule has 1 aromatic carbocycles. The summed E-state index contributed by atoms with van der Waals surface area (Å²) in [6, 6.07) is 4.22. The van der Waals surface area contributed by atoms with E-state index in [0.29, 0.717) is 19.0 Å². The first-order valence-electron chi connectivity index (χ1n) is 9.29. The summed E-state index contributed by atoms with van der Waals surface area (Å²) >= 11 is 0. The molecule has 5 nitrogen and oxygen atoms in total. The number of nitrogens with zero attached hydrogens (tertiary/aromatic N) is 1. The van der Waals surface area contributed by atoms with E-state index < -0.39 is 0 Å². The average molecular weight is 344 g/mol. The first kappa shape index (κ1) is 17.8. The molecule has 0 bridgehead atoms. The molecule has 1 heterocycles. The number of anilines is 1. The Morgan fingerprint density at radius 1 is 1.20 bits per heavy atom. The van der Waals surface area contributed by atoms with E-state index in [2.05, 4.69) is 31.3 Å². The number of nitrogens with one attached hydrogen (secondary N) is 1. The molecule has 2 aliphatic rings. The van der Waals surface area contributed by atoms with Crippen molar-refractivity contribution < 1.29 is 14.3 Å². The largest absolute Gasteiger partial charge is 0.442 e. The maximum atomic E-state index is 12.2. The molecule has 2 amide bonds. The number of cyclic esters (lactones) is 1. The molecule has 0 aromatic heterocycles. The Labute approximate surface area is 149 Å². The molecule has 1 saturated carbocycles. The van der Waals surface area contributed by atoms with Gasteiger partial charge in [0.05, 0.1) is 13.1 Å². The Morgan fingerprint density at radius 3 is 2.44 bits per heavy atom. The number of amides is 2. The van der Waals surface area contributed by atoms with E-state index in [1.54, 1.807) is 4.90 Å². The van der Waals surface area contributed by atoms with Crippen molar-refractivity contribution in [2.75, 3.05) is 18.0 Å². The standard InChI is InChI=1S/C20H28N2O3/c1-13-9-17(10-14(2)19(13)16-7-5-4-6-8-16)22-12-18(25-20(22)24)11-21-15(3)23/h9-10,16,18H,4-8,11-12H2,1-3H3,(H,21,23). The van der Waals surface area contributed by atoms with Crippen molar-refractivity contribution in [1.29, 1.82) is 0 Å². The van der Waals surface area contributed by atoms with Gasteiger partial charge in [0.15, 0.2) is 0 Å². The van der Waals surface area contributed by atoms with Gasteiger partial charge in [0, 0.05) is 12.6 Å². The van der Waals surface area contributed by atoms with Crippen molar-refractivity contribution in [3.63, 3.8) is 0 Å². The van der Waals surface area contributed by atoms with Crippen LogP contribution in [0, 0.1) is 13.8 Å². The number of benzene rings is 1. The van der Waals surface area contributed by atoms with Crippen LogP contribution in [-0.4, -0.2) is 31.2 Å². The van der Waals surface area contributed by atoms with Crippen LogP contribution in [0.25, 0.3) is 0 Å². The van der Waals surface area contributed by atoms with Gasteiger partial charge in [0.25, 0.3) is 0 Å². The minimum atomic E-state index is -0.334. The van der Waals surface area contributed by atoms with E-state index in [4.69, 9.17) is 4.74 Å². The molecule has 5 heteroatoms. The van der Waals surface area contributed by atoms with Crippen LogP contribution in [0.3, 0.4) is 0 Å². The Hall–Kier alpha value is -2.04. The zero-order chi connectivity index (χ0) is 18.0. The van der Waals surface area contributed by atoms with Crippen LogP contribution in [0.15, 0.2) is 12.1 Å². The lowest BCUT2D eigenvalue weighted by atomic mass is 9.80. The molecule has 1 N–H and O–H groups in total. The lowest BCUT2D eigenvalue weighted by molar-refractivity contribution is -0.119. The molecule has 1 unspecified atom stereocenters.